The molecule has 0 aliphatic heterocycles. The number of hydrogen-bond donors (Lipinski definition) is 0. The summed E-state index contributed by atoms with van der Waals surface area (Å²) in [5.41, 5.74) is -0.205. The molecule has 29 heavy (non-hydrogen) atoms. The largest absolute Gasteiger partial charge is 0.495 e. The zero-order chi connectivity index (χ0) is 21.8. The maximum absolute atomic E-state index is 13.3. The number of benzene rings is 2. The molecule has 0 unspecified atom stereocenters. The summed E-state index contributed by atoms with van der Waals surface area (Å²) in [6.45, 7) is 2.37. The van der Waals surface area contributed by atoms with E-state index in [2.05, 4.69) is 0 Å². The van der Waals surface area contributed by atoms with Gasteiger partial charge in [0.1, 0.15) is 12.3 Å². The van der Waals surface area contributed by atoms with Crippen molar-refractivity contribution in [2.75, 3.05) is 24.6 Å². The van der Waals surface area contributed by atoms with Crippen molar-refractivity contribution in [3.8, 4) is 5.75 Å². The van der Waals surface area contributed by atoms with Crippen LogP contribution < -0.4 is 9.04 Å². The summed E-state index contributed by atoms with van der Waals surface area (Å²) in [6, 6.07) is 7.79. The molecule has 0 aliphatic rings. The van der Waals surface area contributed by atoms with Gasteiger partial charge in [-0.15, -0.1) is 0 Å². The van der Waals surface area contributed by atoms with Gasteiger partial charge in [-0.2, -0.15) is 0 Å². The summed E-state index contributed by atoms with van der Waals surface area (Å²) in [7, 11) is -2.93. The number of ether oxygens (including phenoxy) is 2. The molecular weight excluding hydrogens is 424 g/mol. The van der Waals surface area contributed by atoms with Crippen molar-refractivity contribution in [3.05, 3.63) is 57.1 Å². The molecule has 0 aromatic heterocycles. The van der Waals surface area contributed by atoms with E-state index in [1.54, 1.807) is 6.92 Å². The summed E-state index contributed by atoms with van der Waals surface area (Å²) >= 11 is 6.05. The fourth-order valence-electron chi connectivity index (χ4n) is 2.64. The quantitative estimate of drug-likeness (QED) is 0.349. The lowest BCUT2D eigenvalue weighted by Gasteiger charge is -2.25. The minimum Gasteiger partial charge on any atom is -0.495 e. The molecule has 0 aliphatic carbocycles. The van der Waals surface area contributed by atoms with Crippen molar-refractivity contribution in [1.29, 1.82) is 0 Å². The third-order valence-electron chi connectivity index (χ3n) is 4.03. The summed E-state index contributed by atoms with van der Waals surface area (Å²) in [4.78, 5) is 22.5. The minimum atomic E-state index is -4.31. The van der Waals surface area contributed by atoms with Crippen molar-refractivity contribution in [1.82, 2.24) is 0 Å². The predicted molar refractivity (Wildman–Crippen MR) is 107 cm³/mol. The van der Waals surface area contributed by atoms with Gasteiger partial charge in [-0.1, -0.05) is 17.7 Å². The first-order valence-electron chi connectivity index (χ1n) is 8.39. The van der Waals surface area contributed by atoms with Gasteiger partial charge in [0.2, 0.25) is 0 Å². The fourth-order valence-corrected chi connectivity index (χ4v) is 4.45. The maximum atomic E-state index is 13.3. The van der Waals surface area contributed by atoms with Crippen LogP contribution in [-0.4, -0.2) is 39.6 Å². The second kappa shape index (κ2) is 9.10. The molecule has 0 atom stereocenters. The maximum Gasteiger partial charge on any atom is 0.326 e. The lowest BCUT2D eigenvalue weighted by Crippen LogP contribution is -2.37. The Balaban J connectivity index is 2.65. The van der Waals surface area contributed by atoms with Crippen LogP contribution in [0.1, 0.15) is 12.5 Å². The van der Waals surface area contributed by atoms with Gasteiger partial charge in [-0.3, -0.25) is 19.2 Å². The number of sulfonamides is 1. The molecule has 0 heterocycles. The number of esters is 1. The average molecular weight is 443 g/mol. The number of hydrogen-bond acceptors (Lipinski definition) is 7. The van der Waals surface area contributed by atoms with Crippen molar-refractivity contribution in [2.45, 2.75) is 18.7 Å². The number of nitro benzene ring substituents is 1. The number of nitrogens with zero attached hydrogens (tertiary/aromatic N) is 2. The zero-order valence-corrected chi connectivity index (χ0v) is 17.5. The molecule has 2 aromatic carbocycles. The van der Waals surface area contributed by atoms with Gasteiger partial charge in [0.15, 0.2) is 0 Å². The first-order chi connectivity index (χ1) is 13.6. The number of nitro groups is 1. The molecule has 2 aromatic rings. The van der Waals surface area contributed by atoms with E-state index in [1.165, 1.54) is 50.4 Å². The van der Waals surface area contributed by atoms with Gasteiger partial charge >= 0.3 is 5.97 Å². The molecule has 0 saturated heterocycles. The van der Waals surface area contributed by atoms with E-state index in [1.807, 2.05) is 0 Å². The molecule has 9 nitrogen and oxygen atoms in total. The molecule has 2 rings (SSSR count). The average Bonchev–Trinajstić information content (AvgIpc) is 2.66. The monoisotopic (exact) mass is 442 g/mol. The van der Waals surface area contributed by atoms with Crippen molar-refractivity contribution in [2.24, 2.45) is 0 Å². The summed E-state index contributed by atoms with van der Waals surface area (Å²) in [5, 5.41) is 11.3. The Morgan fingerprint density at radius 3 is 2.52 bits per heavy atom. The Hall–Kier alpha value is -2.85. The Labute approximate surface area is 173 Å². The molecule has 11 heteroatoms. The van der Waals surface area contributed by atoms with Gasteiger partial charge in [0, 0.05) is 6.07 Å². The molecule has 0 spiro atoms. The van der Waals surface area contributed by atoms with E-state index in [0.717, 1.165) is 4.31 Å². The van der Waals surface area contributed by atoms with E-state index in [0.29, 0.717) is 0 Å². The third kappa shape index (κ3) is 4.77. The van der Waals surface area contributed by atoms with Crippen LogP contribution in [0, 0.1) is 17.0 Å². The molecule has 0 bridgehead atoms. The van der Waals surface area contributed by atoms with Crippen molar-refractivity contribution >= 4 is 39.0 Å². The summed E-state index contributed by atoms with van der Waals surface area (Å²) in [6.07, 6.45) is 0. The van der Waals surface area contributed by atoms with Gasteiger partial charge < -0.3 is 9.47 Å². The van der Waals surface area contributed by atoms with Crippen LogP contribution >= 0.6 is 11.6 Å². The molecule has 0 N–H and O–H groups in total. The Morgan fingerprint density at radius 1 is 1.28 bits per heavy atom. The first-order valence-corrected chi connectivity index (χ1v) is 10.2. The SMILES string of the molecule is CCOC(=O)CN(c1cccc([N+](=O)[O-])c1C)S(=O)(=O)c1ccc(OC)c(Cl)c1. The van der Waals surface area contributed by atoms with Gasteiger partial charge in [0.25, 0.3) is 15.7 Å². The normalized spacial score (nSPS) is 11.0. The summed E-state index contributed by atoms with van der Waals surface area (Å²) < 4.78 is 37.3. The smallest absolute Gasteiger partial charge is 0.326 e. The highest BCUT2D eigenvalue weighted by molar-refractivity contribution is 7.92. The molecular formula is C18H19ClN2O7S. The van der Waals surface area contributed by atoms with Gasteiger partial charge in [-0.25, -0.2) is 8.42 Å². The molecule has 0 fully saturated rings. The number of carbonyl (C=O) groups is 1. The number of anilines is 1. The molecule has 0 saturated carbocycles. The van der Waals surface area contributed by atoms with Crippen LogP contribution in [0.4, 0.5) is 11.4 Å². The van der Waals surface area contributed by atoms with Crippen LogP contribution in [-0.2, 0) is 19.6 Å². The molecule has 0 amide bonds. The minimum absolute atomic E-state index is 0.0146. The van der Waals surface area contributed by atoms with Gasteiger partial charge in [0.05, 0.1) is 39.8 Å². The van der Waals surface area contributed by atoms with Crippen LogP contribution in [0.2, 0.25) is 5.02 Å². The standard InChI is InChI=1S/C18H19ClN2O7S/c1-4-28-18(22)11-20(15-6-5-7-16(12(15)2)21(23)24)29(25,26)13-8-9-17(27-3)14(19)10-13/h5-10H,4,11H2,1-3H3. The van der Waals surface area contributed by atoms with Crippen LogP contribution in [0.3, 0.4) is 0 Å². The lowest BCUT2D eigenvalue weighted by molar-refractivity contribution is -0.385. The van der Waals surface area contributed by atoms with E-state index >= 15 is 0 Å². The number of carbonyl (C=O) groups excluding carboxylic acids is 1. The lowest BCUT2D eigenvalue weighted by atomic mass is 10.1. The van der Waals surface area contributed by atoms with E-state index < -0.39 is 27.5 Å². The Morgan fingerprint density at radius 2 is 1.97 bits per heavy atom. The second-order valence-electron chi connectivity index (χ2n) is 5.79. The Bertz CT molecular complexity index is 1040. The van der Waals surface area contributed by atoms with E-state index in [4.69, 9.17) is 21.1 Å². The highest BCUT2D eigenvalue weighted by Gasteiger charge is 2.31. The molecule has 156 valence electrons. The van der Waals surface area contributed by atoms with Crippen LogP contribution in [0.15, 0.2) is 41.3 Å². The number of halogens is 1. The van der Waals surface area contributed by atoms with E-state index in [-0.39, 0.29) is 39.2 Å². The predicted octanol–water partition coefficient (Wildman–Crippen LogP) is 3.32. The van der Waals surface area contributed by atoms with Crippen LogP contribution in [0.25, 0.3) is 0 Å². The van der Waals surface area contributed by atoms with Gasteiger partial charge in [-0.05, 0) is 38.1 Å². The Kier molecular flexibility index (Phi) is 7.04. The fraction of sp³-hybridized carbons (Fsp3) is 0.278. The topological polar surface area (TPSA) is 116 Å². The van der Waals surface area contributed by atoms with Crippen molar-refractivity contribution < 1.29 is 27.6 Å². The van der Waals surface area contributed by atoms with E-state index in [9.17, 15) is 23.3 Å². The first kappa shape index (κ1) is 22.4. The third-order valence-corrected chi connectivity index (χ3v) is 6.08. The van der Waals surface area contributed by atoms with Crippen LogP contribution in [0.5, 0.6) is 5.75 Å². The second-order valence-corrected chi connectivity index (χ2v) is 8.06. The van der Waals surface area contributed by atoms with Crippen molar-refractivity contribution in [3.63, 3.8) is 0 Å². The molecule has 0 radical (unpaired) electrons. The number of methoxy groups -OCH3 is 1. The summed E-state index contributed by atoms with van der Waals surface area (Å²) in [5.74, 6) is -0.532. The zero-order valence-electron chi connectivity index (χ0n) is 15.9. The highest BCUT2D eigenvalue weighted by Crippen LogP contribution is 2.34. The number of rotatable bonds is 8. The highest BCUT2D eigenvalue weighted by atomic mass is 35.5.